The summed E-state index contributed by atoms with van der Waals surface area (Å²) in [6, 6.07) is 5.88. The van der Waals surface area contributed by atoms with Gasteiger partial charge >= 0.3 is 0 Å². The van der Waals surface area contributed by atoms with Gasteiger partial charge in [0.2, 0.25) is 0 Å². The van der Waals surface area contributed by atoms with Crippen molar-refractivity contribution in [3.63, 3.8) is 0 Å². The number of nitro groups is 1. The Hall–Kier alpha value is -0.940. The maximum Gasteiger partial charge on any atom is 0.283 e. The topological polar surface area (TPSA) is 55.2 Å². The molecule has 2 atom stereocenters. The van der Waals surface area contributed by atoms with Crippen LogP contribution in [0.1, 0.15) is 44.6 Å². The molecule has 1 aliphatic carbocycles. The van der Waals surface area contributed by atoms with E-state index < -0.39 is 0 Å². The van der Waals surface area contributed by atoms with E-state index >= 15 is 0 Å². The summed E-state index contributed by atoms with van der Waals surface area (Å²) in [6.07, 6.45) is 7.16. The molecule has 5 heteroatoms. The molecule has 1 aromatic carbocycles. The summed E-state index contributed by atoms with van der Waals surface area (Å²) in [5, 5.41) is 14.7. The van der Waals surface area contributed by atoms with Crippen LogP contribution in [0.15, 0.2) is 22.7 Å². The normalized spacial score (nSPS) is 22.8. The quantitative estimate of drug-likeness (QED) is 0.482. The zero-order valence-corrected chi connectivity index (χ0v) is 14.1. The van der Waals surface area contributed by atoms with Crippen molar-refractivity contribution in [3.05, 3.63) is 38.3 Å². The van der Waals surface area contributed by atoms with Crippen molar-refractivity contribution < 1.29 is 4.92 Å². The molecule has 1 N–H and O–H groups in total. The minimum absolute atomic E-state index is 0.168. The van der Waals surface area contributed by atoms with Gasteiger partial charge in [-0.2, -0.15) is 0 Å². The van der Waals surface area contributed by atoms with E-state index in [2.05, 4.69) is 28.2 Å². The van der Waals surface area contributed by atoms with E-state index in [9.17, 15) is 10.1 Å². The Balaban J connectivity index is 2.18. The lowest BCUT2D eigenvalue weighted by Crippen LogP contribution is -2.36. The Morgan fingerprint density at radius 3 is 2.81 bits per heavy atom. The second-order valence-electron chi connectivity index (χ2n) is 5.77. The molecule has 0 saturated heterocycles. The van der Waals surface area contributed by atoms with Gasteiger partial charge in [0.1, 0.15) is 0 Å². The monoisotopic (exact) mass is 354 g/mol. The van der Waals surface area contributed by atoms with Crippen molar-refractivity contribution in [1.29, 1.82) is 0 Å². The van der Waals surface area contributed by atoms with Crippen LogP contribution in [0.4, 0.5) is 5.69 Å². The Kier molecular flexibility index (Phi) is 6.18. The van der Waals surface area contributed by atoms with E-state index in [0.717, 1.165) is 18.5 Å². The first-order valence-corrected chi connectivity index (χ1v) is 8.58. The third-order valence-electron chi connectivity index (χ3n) is 4.36. The van der Waals surface area contributed by atoms with Crippen LogP contribution in [-0.4, -0.2) is 17.5 Å². The van der Waals surface area contributed by atoms with E-state index in [4.69, 9.17) is 0 Å². The van der Waals surface area contributed by atoms with Crippen LogP contribution >= 0.6 is 15.9 Å². The fourth-order valence-corrected chi connectivity index (χ4v) is 3.88. The van der Waals surface area contributed by atoms with Gasteiger partial charge in [-0.15, -0.1) is 0 Å². The highest BCUT2D eigenvalue weighted by atomic mass is 79.9. The zero-order valence-electron chi connectivity index (χ0n) is 12.5. The fourth-order valence-electron chi connectivity index (χ4n) is 3.31. The number of hydrogen-bond donors (Lipinski definition) is 1. The predicted molar refractivity (Wildman–Crippen MR) is 88.5 cm³/mol. The summed E-state index contributed by atoms with van der Waals surface area (Å²) >= 11 is 3.43. The van der Waals surface area contributed by atoms with Crippen LogP contribution in [0.25, 0.3) is 0 Å². The van der Waals surface area contributed by atoms with Crippen molar-refractivity contribution in [2.75, 3.05) is 6.54 Å². The first kappa shape index (κ1) is 16.4. The molecule has 0 radical (unpaired) electrons. The molecule has 1 aliphatic rings. The summed E-state index contributed by atoms with van der Waals surface area (Å²) in [7, 11) is 0. The summed E-state index contributed by atoms with van der Waals surface area (Å²) in [5.41, 5.74) is 1.22. The average Bonchev–Trinajstić information content (AvgIpc) is 2.67. The third kappa shape index (κ3) is 4.27. The van der Waals surface area contributed by atoms with Crippen molar-refractivity contribution in [1.82, 2.24) is 5.32 Å². The zero-order chi connectivity index (χ0) is 15.2. The Bertz CT molecular complexity index is 493. The molecule has 0 aromatic heterocycles. The van der Waals surface area contributed by atoms with E-state index in [1.165, 1.54) is 32.1 Å². The standard InChI is InChI=1S/C16H23BrN2O2/c1-2-18-14-9-5-3-4-7-12(14)11-13-8-6-10-15(16(13)17)19(20)21/h6,8,10,12,14,18H,2-5,7,9,11H2,1H3. The molecule has 116 valence electrons. The van der Waals surface area contributed by atoms with Gasteiger partial charge in [0.25, 0.3) is 5.69 Å². The number of hydrogen-bond acceptors (Lipinski definition) is 3. The van der Waals surface area contributed by atoms with Crippen LogP contribution < -0.4 is 5.32 Å². The van der Waals surface area contributed by atoms with E-state index in [0.29, 0.717) is 16.4 Å². The van der Waals surface area contributed by atoms with E-state index in [-0.39, 0.29) is 10.6 Å². The van der Waals surface area contributed by atoms with Crippen molar-refractivity contribution in [3.8, 4) is 0 Å². The molecular formula is C16H23BrN2O2. The van der Waals surface area contributed by atoms with Crippen LogP contribution in [0.3, 0.4) is 0 Å². The minimum Gasteiger partial charge on any atom is -0.314 e. The van der Waals surface area contributed by atoms with Gasteiger partial charge in [0, 0.05) is 12.1 Å². The number of nitrogens with one attached hydrogen (secondary N) is 1. The first-order chi connectivity index (χ1) is 10.1. The largest absolute Gasteiger partial charge is 0.314 e. The lowest BCUT2D eigenvalue weighted by Gasteiger charge is -2.26. The first-order valence-electron chi connectivity index (χ1n) is 7.78. The van der Waals surface area contributed by atoms with Crippen LogP contribution in [0.2, 0.25) is 0 Å². The van der Waals surface area contributed by atoms with Crippen molar-refractivity contribution in [2.24, 2.45) is 5.92 Å². The van der Waals surface area contributed by atoms with Gasteiger partial charge in [-0.25, -0.2) is 0 Å². The number of rotatable bonds is 5. The lowest BCUT2D eigenvalue weighted by atomic mass is 9.88. The van der Waals surface area contributed by atoms with Gasteiger partial charge in [-0.3, -0.25) is 10.1 Å². The average molecular weight is 355 g/mol. The molecule has 0 heterocycles. The highest BCUT2D eigenvalue weighted by molar-refractivity contribution is 9.10. The van der Waals surface area contributed by atoms with Gasteiger partial charge in [-0.1, -0.05) is 38.3 Å². The van der Waals surface area contributed by atoms with Crippen LogP contribution in [0.5, 0.6) is 0 Å². The summed E-state index contributed by atoms with van der Waals surface area (Å²) in [6.45, 7) is 3.13. The Labute approximate surface area is 134 Å². The van der Waals surface area contributed by atoms with E-state index in [1.54, 1.807) is 12.1 Å². The second kappa shape index (κ2) is 7.90. The molecule has 0 bridgehead atoms. The molecule has 1 fully saturated rings. The molecule has 2 rings (SSSR count). The molecule has 0 spiro atoms. The molecule has 21 heavy (non-hydrogen) atoms. The molecule has 2 unspecified atom stereocenters. The molecule has 1 saturated carbocycles. The molecule has 0 aliphatic heterocycles. The van der Waals surface area contributed by atoms with Crippen molar-refractivity contribution in [2.45, 2.75) is 51.5 Å². The smallest absolute Gasteiger partial charge is 0.283 e. The lowest BCUT2D eigenvalue weighted by molar-refractivity contribution is -0.385. The van der Waals surface area contributed by atoms with Crippen LogP contribution in [-0.2, 0) is 6.42 Å². The number of nitrogens with zero attached hydrogens (tertiary/aromatic N) is 1. The minimum atomic E-state index is -0.317. The highest BCUT2D eigenvalue weighted by Gasteiger charge is 2.25. The SMILES string of the molecule is CCNC1CCCCCC1Cc1cccc([N+](=O)[O-])c1Br. The van der Waals surface area contributed by atoms with E-state index in [1.807, 2.05) is 6.07 Å². The molecule has 4 nitrogen and oxygen atoms in total. The summed E-state index contributed by atoms with van der Waals surface area (Å²) < 4.78 is 0.648. The van der Waals surface area contributed by atoms with Gasteiger partial charge in [-0.05, 0) is 53.2 Å². The molecular weight excluding hydrogens is 332 g/mol. The van der Waals surface area contributed by atoms with Gasteiger partial charge < -0.3 is 5.32 Å². The predicted octanol–water partition coefficient (Wildman–Crippen LogP) is 4.46. The molecule has 1 aromatic rings. The third-order valence-corrected chi connectivity index (χ3v) is 5.28. The Morgan fingerprint density at radius 2 is 2.10 bits per heavy atom. The number of halogens is 1. The number of benzene rings is 1. The fraction of sp³-hybridized carbons (Fsp3) is 0.625. The highest BCUT2D eigenvalue weighted by Crippen LogP contribution is 2.33. The Morgan fingerprint density at radius 1 is 1.33 bits per heavy atom. The maximum absolute atomic E-state index is 11.1. The summed E-state index contributed by atoms with van der Waals surface area (Å²) in [5.74, 6) is 0.561. The number of nitro benzene ring substituents is 1. The maximum atomic E-state index is 11.1. The molecule has 0 amide bonds. The summed E-state index contributed by atoms with van der Waals surface area (Å²) in [4.78, 5) is 10.7. The second-order valence-corrected chi connectivity index (χ2v) is 6.57. The van der Waals surface area contributed by atoms with Gasteiger partial charge in [0.05, 0.1) is 9.40 Å². The van der Waals surface area contributed by atoms with Crippen molar-refractivity contribution >= 4 is 21.6 Å². The van der Waals surface area contributed by atoms with Crippen LogP contribution in [0, 0.1) is 16.0 Å². The van der Waals surface area contributed by atoms with Gasteiger partial charge in [0.15, 0.2) is 0 Å².